The van der Waals surface area contributed by atoms with E-state index < -0.39 is 6.04 Å². The number of nitrogens with zero attached hydrogens (tertiary/aromatic N) is 2. The van der Waals surface area contributed by atoms with E-state index in [1.165, 1.54) is 0 Å². The number of carbonyl (C=O) groups excluding carboxylic acids is 2. The Morgan fingerprint density at radius 1 is 1.23 bits per heavy atom. The molecule has 3 aliphatic rings. The van der Waals surface area contributed by atoms with Gasteiger partial charge in [0.05, 0.1) is 18.5 Å². The predicted octanol–water partition coefficient (Wildman–Crippen LogP) is 2.97. The fraction of sp³-hybridized carbons (Fsp3) is 0.464. The lowest BCUT2D eigenvalue weighted by Crippen LogP contribution is -2.50. The van der Waals surface area contributed by atoms with Crippen molar-refractivity contribution in [1.82, 2.24) is 10.6 Å². The zero-order valence-electron chi connectivity index (χ0n) is 20.1. The van der Waals surface area contributed by atoms with Gasteiger partial charge in [-0.15, -0.1) is 0 Å². The number of rotatable bonds is 9. The number of amides is 2. The Bertz CT molecular complexity index is 1140. The zero-order valence-corrected chi connectivity index (χ0v) is 20.1. The Kier molecular flexibility index (Phi) is 6.85. The van der Waals surface area contributed by atoms with Crippen molar-refractivity contribution in [3.63, 3.8) is 0 Å². The molecule has 2 aliphatic heterocycles. The normalized spacial score (nSPS) is 23.3. The van der Waals surface area contributed by atoms with Crippen LogP contribution in [0.1, 0.15) is 36.8 Å². The van der Waals surface area contributed by atoms with Crippen LogP contribution in [0.5, 0.6) is 0 Å². The molecule has 0 aromatic heterocycles. The molecular formula is C28H32N4O3. The second-order valence-corrected chi connectivity index (χ2v) is 9.92. The van der Waals surface area contributed by atoms with Crippen LogP contribution >= 0.6 is 0 Å². The molecule has 182 valence electrons. The first-order chi connectivity index (χ1) is 17.1. The number of hydrogen-bond acceptors (Lipinski definition) is 5. The summed E-state index contributed by atoms with van der Waals surface area (Å²) in [5, 5.41) is 16.0. The van der Waals surface area contributed by atoms with E-state index in [0.717, 1.165) is 53.6 Å². The molecule has 1 saturated carbocycles. The highest BCUT2D eigenvalue weighted by atomic mass is 16.5. The third-order valence-electron chi connectivity index (χ3n) is 7.59. The quantitative estimate of drug-likeness (QED) is 0.547. The highest BCUT2D eigenvalue weighted by Crippen LogP contribution is 2.35. The monoisotopic (exact) mass is 472 g/mol. The number of piperidine rings is 1. The number of benzene rings is 2. The summed E-state index contributed by atoms with van der Waals surface area (Å²) in [4.78, 5) is 27.0. The number of methoxy groups -OCH3 is 1. The Labute approximate surface area is 206 Å². The molecule has 0 spiro atoms. The summed E-state index contributed by atoms with van der Waals surface area (Å²) >= 11 is 0. The van der Waals surface area contributed by atoms with Crippen molar-refractivity contribution in [3.8, 4) is 17.2 Å². The number of hydrogen-bond donors (Lipinski definition) is 2. The summed E-state index contributed by atoms with van der Waals surface area (Å²) < 4.78 is 5.14. The summed E-state index contributed by atoms with van der Waals surface area (Å²) in [7, 11) is 1.67. The van der Waals surface area contributed by atoms with Crippen LogP contribution in [0.25, 0.3) is 11.1 Å². The molecule has 2 aromatic carbocycles. The van der Waals surface area contributed by atoms with Crippen molar-refractivity contribution in [1.29, 1.82) is 5.26 Å². The summed E-state index contributed by atoms with van der Waals surface area (Å²) in [5.74, 6) is 0.481. The van der Waals surface area contributed by atoms with E-state index in [-0.39, 0.29) is 17.9 Å². The number of nitriles is 1. The predicted molar refractivity (Wildman–Crippen MR) is 134 cm³/mol. The first-order valence-electron chi connectivity index (χ1n) is 12.5. The van der Waals surface area contributed by atoms with E-state index in [4.69, 9.17) is 4.74 Å². The fourth-order valence-electron chi connectivity index (χ4n) is 5.76. The molecule has 0 radical (unpaired) electrons. The molecule has 2 heterocycles. The van der Waals surface area contributed by atoms with Crippen LogP contribution in [0.3, 0.4) is 0 Å². The van der Waals surface area contributed by atoms with Crippen LogP contribution in [0.4, 0.5) is 5.69 Å². The molecule has 2 bridgehead atoms. The fourth-order valence-corrected chi connectivity index (χ4v) is 5.76. The minimum absolute atomic E-state index is 0.0527. The second-order valence-electron chi connectivity index (χ2n) is 9.92. The first-order valence-corrected chi connectivity index (χ1v) is 12.5. The van der Waals surface area contributed by atoms with Crippen LogP contribution in [0.15, 0.2) is 42.5 Å². The molecule has 7 nitrogen and oxygen atoms in total. The average Bonchev–Trinajstić information content (AvgIpc) is 3.58. The van der Waals surface area contributed by atoms with Crippen molar-refractivity contribution in [2.75, 3.05) is 25.2 Å². The molecule has 2 aromatic rings. The van der Waals surface area contributed by atoms with Crippen molar-refractivity contribution >= 4 is 17.5 Å². The molecule has 35 heavy (non-hydrogen) atoms. The Morgan fingerprint density at radius 3 is 2.71 bits per heavy atom. The van der Waals surface area contributed by atoms with Gasteiger partial charge in [0.15, 0.2) is 0 Å². The smallest absolute Gasteiger partial charge is 0.238 e. The molecule has 5 rings (SSSR count). The number of ether oxygens (including phenoxy) is 1. The van der Waals surface area contributed by atoms with Gasteiger partial charge in [0, 0.05) is 38.4 Å². The highest BCUT2D eigenvalue weighted by Gasteiger charge is 2.43. The third-order valence-corrected chi connectivity index (χ3v) is 7.59. The van der Waals surface area contributed by atoms with Gasteiger partial charge in [-0.05, 0) is 59.9 Å². The second kappa shape index (κ2) is 10.2. The van der Waals surface area contributed by atoms with Crippen molar-refractivity contribution < 1.29 is 14.3 Å². The number of fused-ring (bicyclic) bond motifs is 3. The molecule has 2 fully saturated rings. The third kappa shape index (κ3) is 4.95. The van der Waals surface area contributed by atoms with Crippen LogP contribution in [0, 0.1) is 17.2 Å². The lowest BCUT2D eigenvalue weighted by atomic mass is 9.97. The van der Waals surface area contributed by atoms with Gasteiger partial charge in [0.2, 0.25) is 11.8 Å². The maximum absolute atomic E-state index is 12.7. The van der Waals surface area contributed by atoms with Crippen molar-refractivity contribution in [2.24, 2.45) is 5.92 Å². The van der Waals surface area contributed by atoms with Gasteiger partial charge >= 0.3 is 0 Å². The van der Waals surface area contributed by atoms with Gasteiger partial charge in [-0.25, -0.2) is 0 Å². The van der Waals surface area contributed by atoms with E-state index in [1.54, 1.807) is 7.11 Å². The van der Waals surface area contributed by atoms with Gasteiger partial charge in [0.1, 0.15) is 6.04 Å². The van der Waals surface area contributed by atoms with E-state index >= 15 is 0 Å². The van der Waals surface area contributed by atoms with E-state index in [2.05, 4.69) is 28.8 Å². The Hall–Kier alpha value is -3.21. The van der Waals surface area contributed by atoms with Crippen molar-refractivity contribution in [3.05, 3.63) is 53.6 Å². The lowest BCUT2D eigenvalue weighted by Gasteiger charge is -2.23. The largest absolute Gasteiger partial charge is 0.385 e. The summed E-state index contributed by atoms with van der Waals surface area (Å²) in [6, 6.07) is 16.3. The van der Waals surface area contributed by atoms with Crippen LogP contribution in [-0.2, 0) is 27.2 Å². The standard InChI is InChI=1S/C28H32N4O3/c1-35-12-2-11-32-25-15-20(7-8-21(25)16-26(32)33)19-5-3-18(4-6-19)13-24(17-29)31-28(34)27-22-9-10-23(14-22)30-27/h3-8,15,22-24,27,30H,2,9-14,16H2,1H3,(H,31,34)/t22-,23+,24-,27-/m0/s1. The van der Waals surface area contributed by atoms with Gasteiger partial charge in [-0.2, -0.15) is 5.26 Å². The molecule has 1 saturated heterocycles. The summed E-state index contributed by atoms with van der Waals surface area (Å²) in [6.45, 7) is 1.28. The molecular weight excluding hydrogens is 440 g/mol. The molecule has 4 atom stereocenters. The maximum Gasteiger partial charge on any atom is 0.238 e. The summed E-state index contributed by atoms with van der Waals surface area (Å²) in [5.41, 5.74) is 5.14. The maximum atomic E-state index is 12.7. The van der Waals surface area contributed by atoms with E-state index in [0.29, 0.717) is 38.0 Å². The molecule has 0 unspecified atom stereocenters. The topological polar surface area (TPSA) is 94.5 Å². The SMILES string of the molecule is COCCCN1C(=O)Cc2ccc(-c3ccc(C[C@@H](C#N)NC(=O)[C@H]4N[C@@H]5CC[C@H]4C5)cc3)cc21. The molecule has 7 heteroatoms. The van der Waals surface area contributed by atoms with Crippen LogP contribution in [0.2, 0.25) is 0 Å². The number of carbonyl (C=O) groups is 2. The number of nitrogens with one attached hydrogen (secondary N) is 2. The van der Waals surface area contributed by atoms with Gasteiger partial charge in [0.25, 0.3) is 0 Å². The molecule has 2 N–H and O–H groups in total. The molecule has 2 amide bonds. The van der Waals surface area contributed by atoms with Crippen molar-refractivity contribution in [2.45, 2.75) is 56.7 Å². The van der Waals surface area contributed by atoms with Gasteiger partial charge < -0.3 is 20.3 Å². The lowest BCUT2D eigenvalue weighted by molar-refractivity contribution is -0.124. The summed E-state index contributed by atoms with van der Waals surface area (Å²) in [6.07, 6.45) is 5.02. The van der Waals surface area contributed by atoms with E-state index in [1.807, 2.05) is 35.2 Å². The van der Waals surface area contributed by atoms with Gasteiger partial charge in [-0.3, -0.25) is 9.59 Å². The van der Waals surface area contributed by atoms with E-state index in [9.17, 15) is 14.9 Å². The minimum Gasteiger partial charge on any atom is -0.385 e. The Balaban J connectivity index is 1.23. The number of anilines is 1. The average molecular weight is 473 g/mol. The Morgan fingerprint density at radius 2 is 2.03 bits per heavy atom. The first kappa shape index (κ1) is 23.5. The molecule has 1 aliphatic carbocycles. The van der Waals surface area contributed by atoms with Crippen LogP contribution in [-0.4, -0.2) is 50.2 Å². The minimum atomic E-state index is -0.555. The van der Waals surface area contributed by atoms with Gasteiger partial charge in [-0.1, -0.05) is 36.4 Å². The zero-order chi connectivity index (χ0) is 24.4. The van der Waals surface area contributed by atoms with Crippen LogP contribution < -0.4 is 15.5 Å². The highest BCUT2D eigenvalue weighted by molar-refractivity contribution is 6.02.